The van der Waals surface area contributed by atoms with Gasteiger partial charge in [-0.05, 0) is 6.92 Å². The Bertz CT molecular complexity index is 345. The quantitative estimate of drug-likeness (QED) is 0.488. The number of aliphatic hydroxyl groups is 1. The highest BCUT2D eigenvalue weighted by Gasteiger charge is 2.27. The van der Waals surface area contributed by atoms with Crippen LogP contribution in [0.2, 0.25) is 0 Å². The van der Waals surface area contributed by atoms with E-state index in [4.69, 9.17) is 5.11 Å². The molecule has 0 aromatic rings. The lowest BCUT2D eigenvalue weighted by molar-refractivity contribution is -0.141. The Hall–Kier alpha value is -1.83. The van der Waals surface area contributed by atoms with Crippen LogP contribution in [-0.4, -0.2) is 65.8 Å². The second kappa shape index (κ2) is 7.57. The summed E-state index contributed by atoms with van der Waals surface area (Å²) in [6.45, 7) is 3.05. The molecule has 8 heteroatoms. The summed E-state index contributed by atoms with van der Waals surface area (Å²) in [6.07, 6.45) is -1.22. The number of hydrogen-bond donors (Lipinski definition) is 4. The van der Waals surface area contributed by atoms with E-state index in [1.165, 1.54) is 25.9 Å². The zero-order chi connectivity index (χ0) is 15.2. The average Bonchev–Trinajstić information content (AvgIpc) is 2.33. The Balaban J connectivity index is 4.49. The standard InChI is InChI=1S/C11H21N3O5/c1-6(9(16)12-3)5-14(4)11(19)13-8(7(2)15)10(17)18/h6-8,15H,5H2,1-4H3,(H,12,16)(H,13,19)(H,17,18)/t6?,7-,8+/m1/s1. The number of amides is 3. The summed E-state index contributed by atoms with van der Waals surface area (Å²) >= 11 is 0. The summed E-state index contributed by atoms with van der Waals surface area (Å²) in [6, 6.07) is -2.05. The van der Waals surface area contributed by atoms with Crippen molar-refractivity contribution in [2.75, 3.05) is 20.6 Å². The van der Waals surface area contributed by atoms with E-state index in [1.807, 2.05) is 0 Å². The highest BCUT2D eigenvalue weighted by Crippen LogP contribution is 2.00. The van der Waals surface area contributed by atoms with Gasteiger partial charge in [0.05, 0.1) is 12.0 Å². The first kappa shape index (κ1) is 17.2. The number of nitrogens with one attached hydrogen (secondary N) is 2. The van der Waals surface area contributed by atoms with Crippen molar-refractivity contribution in [2.45, 2.75) is 26.0 Å². The van der Waals surface area contributed by atoms with Crippen LogP contribution in [-0.2, 0) is 9.59 Å². The lowest BCUT2D eigenvalue weighted by Gasteiger charge is -2.24. The molecule has 0 aliphatic carbocycles. The second-order valence-electron chi connectivity index (χ2n) is 4.40. The number of aliphatic carboxylic acids is 1. The SMILES string of the molecule is CNC(=O)C(C)CN(C)C(=O)N[C@H](C(=O)O)[C@@H](C)O. The van der Waals surface area contributed by atoms with Gasteiger partial charge in [-0.15, -0.1) is 0 Å². The highest BCUT2D eigenvalue weighted by atomic mass is 16.4. The van der Waals surface area contributed by atoms with Crippen molar-refractivity contribution in [3.63, 3.8) is 0 Å². The monoisotopic (exact) mass is 275 g/mol. The van der Waals surface area contributed by atoms with E-state index in [0.717, 1.165) is 0 Å². The van der Waals surface area contributed by atoms with Gasteiger partial charge in [-0.1, -0.05) is 6.92 Å². The maximum atomic E-state index is 11.7. The van der Waals surface area contributed by atoms with Gasteiger partial charge < -0.3 is 25.7 Å². The number of aliphatic hydroxyl groups excluding tert-OH is 1. The largest absolute Gasteiger partial charge is 0.480 e. The third-order valence-corrected chi connectivity index (χ3v) is 2.62. The van der Waals surface area contributed by atoms with Crippen molar-refractivity contribution < 1.29 is 24.6 Å². The number of carbonyl (C=O) groups is 3. The number of hydrogen-bond acceptors (Lipinski definition) is 4. The number of rotatable bonds is 6. The van der Waals surface area contributed by atoms with Crippen LogP contribution < -0.4 is 10.6 Å². The van der Waals surface area contributed by atoms with E-state index < -0.39 is 30.1 Å². The molecule has 0 spiro atoms. The third kappa shape index (κ3) is 5.56. The minimum Gasteiger partial charge on any atom is -0.480 e. The first-order valence-electron chi connectivity index (χ1n) is 5.84. The average molecular weight is 275 g/mol. The molecule has 0 saturated heterocycles. The van der Waals surface area contributed by atoms with Gasteiger partial charge in [-0.25, -0.2) is 9.59 Å². The number of carboxylic acid groups (broad SMARTS) is 1. The molecule has 0 aromatic heterocycles. The molecule has 0 bridgehead atoms. The van der Waals surface area contributed by atoms with Gasteiger partial charge in [0.2, 0.25) is 5.91 Å². The Labute approximate surface area is 111 Å². The van der Waals surface area contributed by atoms with Crippen LogP contribution in [0.1, 0.15) is 13.8 Å². The lowest BCUT2D eigenvalue weighted by Crippen LogP contribution is -2.52. The molecular weight excluding hydrogens is 254 g/mol. The second-order valence-corrected chi connectivity index (χ2v) is 4.40. The molecule has 0 radical (unpaired) electrons. The van der Waals surface area contributed by atoms with Crippen LogP contribution in [0.15, 0.2) is 0 Å². The van der Waals surface area contributed by atoms with E-state index in [2.05, 4.69) is 10.6 Å². The Kier molecular flexibility index (Phi) is 6.84. The fraction of sp³-hybridized carbons (Fsp3) is 0.727. The topological polar surface area (TPSA) is 119 Å². The molecule has 8 nitrogen and oxygen atoms in total. The first-order chi connectivity index (χ1) is 8.70. The van der Waals surface area contributed by atoms with Crippen LogP contribution >= 0.6 is 0 Å². The molecule has 4 N–H and O–H groups in total. The van der Waals surface area contributed by atoms with E-state index in [9.17, 15) is 19.5 Å². The van der Waals surface area contributed by atoms with Crippen LogP contribution in [0.25, 0.3) is 0 Å². The van der Waals surface area contributed by atoms with Crippen LogP contribution in [0.4, 0.5) is 4.79 Å². The minimum absolute atomic E-state index is 0.137. The number of nitrogens with zero attached hydrogens (tertiary/aromatic N) is 1. The molecule has 0 aromatic carbocycles. The fourth-order valence-electron chi connectivity index (χ4n) is 1.45. The van der Waals surface area contributed by atoms with Crippen LogP contribution in [0, 0.1) is 5.92 Å². The number of carboxylic acids is 1. The number of urea groups is 1. The van der Waals surface area contributed by atoms with Gasteiger partial charge >= 0.3 is 12.0 Å². The Morgan fingerprint density at radius 2 is 1.79 bits per heavy atom. The highest BCUT2D eigenvalue weighted by molar-refractivity contribution is 5.83. The van der Waals surface area contributed by atoms with E-state index in [0.29, 0.717) is 0 Å². The zero-order valence-electron chi connectivity index (χ0n) is 11.5. The van der Waals surface area contributed by atoms with Crippen molar-refractivity contribution in [3.05, 3.63) is 0 Å². The summed E-state index contributed by atoms with van der Waals surface area (Å²) in [7, 11) is 2.93. The van der Waals surface area contributed by atoms with Gasteiger partial charge in [0.1, 0.15) is 0 Å². The van der Waals surface area contributed by atoms with E-state index in [-0.39, 0.29) is 12.5 Å². The zero-order valence-corrected chi connectivity index (χ0v) is 11.5. The predicted molar refractivity (Wildman–Crippen MR) is 67.5 cm³/mol. The molecule has 0 aliphatic rings. The summed E-state index contributed by atoms with van der Waals surface area (Å²) in [5, 5.41) is 22.7. The summed E-state index contributed by atoms with van der Waals surface area (Å²) in [5.41, 5.74) is 0. The molecule has 0 rings (SSSR count). The molecule has 110 valence electrons. The molecule has 0 heterocycles. The van der Waals surface area contributed by atoms with Gasteiger partial charge in [-0.2, -0.15) is 0 Å². The van der Waals surface area contributed by atoms with Crippen molar-refractivity contribution in [2.24, 2.45) is 5.92 Å². The Morgan fingerprint density at radius 1 is 1.26 bits per heavy atom. The van der Waals surface area contributed by atoms with Crippen LogP contribution in [0.3, 0.4) is 0 Å². The molecule has 3 atom stereocenters. The van der Waals surface area contributed by atoms with Gasteiger partial charge in [0.25, 0.3) is 0 Å². The predicted octanol–water partition coefficient (Wildman–Crippen LogP) is -1.16. The van der Waals surface area contributed by atoms with E-state index >= 15 is 0 Å². The van der Waals surface area contributed by atoms with Gasteiger partial charge in [0.15, 0.2) is 6.04 Å². The van der Waals surface area contributed by atoms with Crippen molar-refractivity contribution >= 4 is 17.9 Å². The molecule has 0 fully saturated rings. The molecule has 0 saturated carbocycles. The number of carbonyl (C=O) groups excluding carboxylic acids is 2. The maximum absolute atomic E-state index is 11.7. The maximum Gasteiger partial charge on any atom is 0.328 e. The lowest BCUT2D eigenvalue weighted by atomic mass is 10.1. The van der Waals surface area contributed by atoms with E-state index in [1.54, 1.807) is 6.92 Å². The molecule has 1 unspecified atom stereocenters. The van der Waals surface area contributed by atoms with Crippen LogP contribution in [0.5, 0.6) is 0 Å². The summed E-state index contributed by atoms with van der Waals surface area (Å²) < 4.78 is 0. The van der Waals surface area contributed by atoms with Gasteiger partial charge in [-0.3, -0.25) is 4.79 Å². The Morgan fingerprint density at radius 3 is 2.16 bits per heavy atom. The fourth-order valence-corrected chi connectivity index (χ4v) is 1.45. The van der Waals surface area contributed by atoms with Crippen molar-refractivity contribution in [3.8, 4) is 0 Å². The third-order valence-electron chi connectivity index (χ3n) is 2.62. The molecule has 19 heavy (non-hydrogen) atoms. The van der Waals surface area contributed by atoms with Crippen molar-refractivity contribution in [1.82, 2.24) is 15.5 Å². The van der Waals surface area contributed by atoms with Gasteiger partial charge in [0, 0.05) is 20.6 Å². The first-order valence-corrected chi connectivity index (χ1v) is 5.84. The smallest absolute Gasteiger partial charge is 0.328 e. The molecular formula is C11H21N3O5. The summed E-state index contributed by atoms with van der Waals surface area (Å²) in [5.74, 6) is -1.96. The minimum atomic E-state index is -1.38. The van der Waals surface area contributed by atoms with Crippen molar-refractivity contribution in [1.29, 1.82) is 0 Å². The normalized spacial score (nSPS) is 15.0. The summed E-state index contributed by atoms with van der Waals surface area (Å²) in [4.78, 5) is 35.0. The molecule has 0 aliphatic heterocycles. The molecule has 3 amide bonds.